The van der Waals surface area contributed by atoms with Crippen molar-refractivity contribution in [1.82, 2.24) is 0 Å². The summed E-state index contributed by atoms with van der Waals surface area (Å²) in [6.07, 6.45) is 26.5. The van der Waals surface area contributed by atoms with Crippen molar-refractivity contribution in [3.05, 3.63) is 59.4 Å². The van der Waals surface area contributed by atoms with Crippen LogP contribution in [0.1, 0.15) is 72.6 Å². The van der Waals surface area contributed by atoms with Gasteiger partial charge in [0.25, 0.3) is 0 Å². The summed E-state index contributed by atoms with van der Waals surface area (Å²) in [6, 6.07) is 0. The monoisotopic (exact) mass is 482 g/mol. The van der Waals surface area contributed by atoms with Crippen LogP contribution in [0.2, 0.25) is 0 Å². The van der Waals surface area contributed by atoms with Crippen LogP contribution in [0, 0.1) is 47.3 Å². The van der Waals surface area contributed by atoms with Gasteiger partial charge in [-0.3, -0.25) is 0 Å². The molecule has 0 spiro atoms. The molecule has 0 saturated heterocycles. The van der Waals surface area contributed by atoms with E-state index in [0.717, 1.165) is 57.8 Å². The fourth-order valence-corrected chi connectivity index (χ4v) is 10.5. The van der Waals surface area contributed by atoms with Crippen molar-refractivity contribution in [3.8, 4) is 0 Å². The average molecular weight is 483 g/mol. The third-order valence-corrected chi connectivity index (χ3v) is 11.5. The van der Waals surface area contributed by atoms with Crippen LogP contribution in [0.5, 0.6) is 0 Å². The Bertz CT molecular complexity index is 774. The van der Waals surface area contributed by atoms with Gasteiger partial charge in [-0.05, 0) is 90.3 Å². The zero-order valence-electron chi connectivity index (χ0n) is 21.4. The van der Waals surface area contributed by atoms with E-state index >= 15 is 0 Å². The Balaban J connectivity index is 0.000000821. The second-order valence-corrected chi connectivity index (χ2v) is 13.7. The molecule has 0 aromatic carbocycles. The van der Waals surface area contributed by atoms with E-state index in [-0.39, 0.29) is 0 Å². The summed E-state index contributed by atoms with van der Waals surface area (Å²) in [5.41, 5.74) is 0. The first-order chi connectivity index (χ1) is 16.1. The molecule has 2 aliphatic heterocycles. The second-order valence-electron chi connectivity index (χ2n) is 11.2. The molecular weight excluding hydrogens is 436 g/mol. The van der Waals surface area contributed by atoms with Crippen molar-refractivity contribution >= 4 is 23.5 Å². The minimum Gasteiger partial charge on any atom is -0.130 e. The van der Waals surface area contributed by atoms with E-state index in [1.54, 1.807) is 4.91 Å². The van der Waals surface area contributed by atoms with E-state index in [1.165, 1.54) is 44.9 Å². The Kier molecular flexibility index (Phi) is 9.19. The normalized spacial score (nSPS) is 40.6. The topological polar surface area (TPSA) is 0 Å². The highest BCUT2D eigenvalue weighted by molar-refractivity contribution is 8.04. The molecule has 5 aliphatic rings. The largest absolute Gasteiger partial charge is 0.130 e. The van der Waals surface area contributed by atoms with Crippen LogP contribution in [0.15, 0.2) is 59.4 Å². The number of thioether (sulfide) groups is 2. The van der Waals surface area contributed by atoms with Crippen molar-refractivity contribution in [2.24, 2.45) is 47.3 Å². The summed E-state index contributed by atoms with van der Waals surface area (Å²) < 4.78 is 0. The number of unbranched alkanes of at least 4 members (excludes halogenated alkanes) is 2. The first kappa shape index (κ1) is 25.5. The number of hydrogen-bond donors (Lipinski definition) is 0. The van der Waals surface area contributed by atoms with Gasteiger partial charge in [0, 0.05) is 10.5 Å². The molecule has 2 heterocycles. The molecule has 0 amide bonds. The van der Waals surface area contributed by atoms with Crippen LogP contribution >= 0.6 is 23.5 Å². The molecule has 33 heavy (non-hydrogen) atoms. The molecule has 2 fully saturated rings. The smallest absolute Gasteiger partial charge is 0.0226 e. The lowest BCUT2D eigenvalue weighted by atomic mass is 9.70. The molecule has 0 nitrogen and oxygen atoms in total. The van der Waals surface area contributed by atoms with Gasteiger partial charge in [-0.2, -0.15) is 0 Å². The van der Waals surface area contributed by atoms with Crippen LogP contribution in [0.3, 0.4) is 0 Å². The van der Waals surface area contributed by atoms with Crippen LogP contribution < -0.4 is 0 Å². The fraction of sp³-hybridized carbons (Fsp3) is 0.677. The number of hydrogen-bond acceptors (Lipinski definition) is 2. The highest BCUT2D eigenvalue weighted by atomic mass is 32.2. The third-order valence-electron chi connectivity index (χ3n) is 8.75. The summed E-state index contributed by atoms with van der Waals surface area (Å²) in [5, 5.41) is 4.05. The second kappa shape index (κ2) is 11.9. The van der Waals surface area contributed by atoms with Crippen LogP contribution in [0.4, 0.5) is 0 Å². The van der Waals surface area contributed by atoms with Gasteiger partial charge in [0.1, 0.15) is 0 Å². The Labute approximate surface area is 212 Å². The lowest BCUT2D eigenvalue weighted by Crippen LogP contribution is -2.30. The van der Waals surface area contributed by atoms with Gasteiger partial charge in [-0.25, -0.2) is 0 Å². The molecule has 0 N–H and O–H groups in total. The van der Waals surface area contributed by atoms with Crippen molar-refractivity contribution in [2.75, 3.05) is 0 Å². The summed E-state index contributed by atoms with van der Waals surface area (Å²) in [5.74, 6) is 6.62. The van der Waals surface area contributed by atoms with Gasteiger partial charge in [0.15, 0.2) is 0 Å². The van der Waals surface area contributed by atoms with Gasteiger partial charge in [0.2, 0.25) is 0 Å². The molecule has 10 atom stereocenters. The number of rotatable bonds is 8. The Morgan fingerprint density at radius 2 is 1.82 bits per heavy atom. The average Bonchev–Trinajstić information content (AvgIpc) is 3.53. The van der Waals surface area contributed by atoms with E-state index in [2.05, 4.69) is 106 Å². The summed E-state index contributed by atoms with van der Waals surface area (Å²) in [7, 11) is 0. The number of allylic oxidation sites excluding steroid dienone is 8. The highest BCUT2D eigenvalue weighted by Gasteiger charge is 2.53. The van der Waals surface area contributed by atoms with Crippen LogP contribution in [0.25, 0.3) is 0 Å². The molecule has 2 saturated carbocycles. The lowest BCUT2D eigenvalue weighted by molar-refractivity contribution is 0.180. The molecule has 0 radical (unpaired) electrons. The first-order valence-electron chi connectivity index (χ1n) is 13.7. The zero-order valence-corrected chi connectivity index (χ0v) is 23.0. The van der Waals surface area contributed by atoms with Crippen molar-refractivity contribution < 1.29 is 0 Å². The predicted molar refractivity (Wildman–Crippen MR) is 151 cm³/mol. The maximum Gasteiger partial charge on any atom is 0.0226 e. The van der Waals surface area contributed by atoms with Crippen molar-refractivity contribution in [3.63, 3.8) is 0 Å². The SMILES string of the molecule is C=CCCCCC(CC1C(C)CC2C=CSC21)C1C2C=CC=CC2C2SC(C)=CC21.CCC. The fourth-order valence-electron chi connectivity index (χ4n) is 7.49. The van der Waals surface area contributed by atoms with Crippen LogP contribution in [-0.2, 0) is 0 Å². The van der Waals surface area contributed by atoms with E-state index in [0.29, 0.717) is 0 Å². The third kappa shape index (κ3) is 5.48. The van der Waals surface area contributed by atoms with E-state index < -0.39 is 0 Å². The molecule has 0 aromatic rings. The minimum atomic E-state index is 0.746. The number of fused-ring (bicyclic) bond motifs is 4. The van der Waals surface area contributed by atoms with Crippen molar-refractivity contribution in [2.45, 2.75) is 83.1 Å². The Morgan fingerprint density at radius 1 is 1.06 bits per heavy atom. The molecule has 3 aliphatic carbocycles. The van der Waals surface area contributed by atoms with E-state index in [9.17, 15) is 0 Å². The molecule has 0 bridgehead atoms. The van der Waals surface area contributed by atoms with E-state index in [4.69, 9.17) is 0 Å². The quantitative estimate of drug-likeness (QED) is 0.249. The summed E-state index contributed by atoms with van der Waals surface area (Å²) in [4.78, 5) is 1.58. The molecule has 2 heteroatoms. The predicted octanol–water partition coefficient (Wildman–Crippen LogP) is 9.68. The highest BCUT2D eigenvalue weighted by Crippen LogP contribution is 2.60. The van der Waals surface area contributed by atoms with Gasteiger partial charge in [0.05, 0.1) is 0 Å². The van der Waals surface area contributed by atoms with Gasteiger partial charge < -0.3 is 0 Å². The summed E-state index contributed by atoms with van der Waals surface area (Å²) >= 11 is 4.33. The van der Waals surface area contributed by atoms with Gasteiger partial charge in [-0.1, -0.05) is 82.6 Å². The zero-order chi connectivity index (χ0) is 23.4. The van der Waals surface area contributed by atoms with Crippen molar-refractivity contribution in [1.29, 1.82) is 0 Å². The molecule has 10 unspecified atom stereocenters. The molecule has 5 rings (SSSR count). The summed E-state index contributed by atoms with van der Waals surface area (Å²) in [6.45, 7) is 13.1. The maximum atomic E-state index is 3.95. The molecular formula is C31H46S2. The maximum absolute atomic E-state index is 3.95. The Morgan fingerprint density at radius 3 is 2.58 bits per heavy atom. The first-order valence-corrected chi connectivity index (χ1v) is 15.5. The van der Waals surface area contributed by atoms with Gasteiger partial charge in [-0.15, -0.1) is 30.1 Å². The van der Waals surface area contributed by atoms with Crippen LogP contribution in [-0.4, -0.2) is 10.5 Å². The molecule has 0 aromatic heterocycles. The Hall–Kier alpha value is -0.600. The van der Waals surface area contributed by atoms with Gasteiger partial charge >= 0.3 is 0 Å². The molecule has 182 valence electrons. The standard InChI is InChI=1S/C28H38S2.C3H8/c1-4-5-6-7-10-20(17-24-18(2)15-21-13-14-29-27(21)24)26-22-11-8-9-12-23(22)28-25(26)16-19(3)30-28;1-3-2/h4,8-9,11-14,16,18,20-28H,1,5-7,10,15,17H2,2-3H3;3H2,1-2H3. The van der Waals surface area contributed by atoms with E-state index in [1.807, 2.05) is 0 Å². The minimum absolute atomic E-state index is 0.746. The lowest BCUT2D eigenvalue weighted by Gasteiger charge is -2.36.